The van der Waals surface area contributed by atoms with E-state index in [-0.39, 0.29) is 30.2 Å². The SMILES string of the molecule is COc1ccc(-c2cn(-c3ccc(C)c(C)c3)c(NC(=O)CN(CC(C)C)C(=O)CC(C)C)n2)cc1. The lowest BCUT2D eigenvalue weighted by Crippen LogP contribution is -2.40. The fourth-order valence-corrected chi connectivity index (χ4v) is 3.95. The molecule has 0 unspecified atom stereocenters. The van der Waals surface area contributed by atoms with Gasteiger partial charge in [0.1, 0.15) is 5.75 Å². The van der Waals surface area contributed by atoms with Gasteiger partial charge in [0.2, 0.25) is 17.8 Å². The van der Waals surface area contributed by atoms with Crippen LogP contribution in [0.1, 0.15) is 45.2 Å². The maximum absolute atomic E-state index is 13.2. The number of aromatic nitrogens is 2. The highest BCUT2D eigenvalue weighted by Gasteiger charge is 2.21. The van der Waals surface area contributed by atoms with Gasteiger partial charge in [-0.1, -0.05) is 33.8 Å². The predicted octanol–water partition coefficient (Wildman–Crippen LogP) is 5.63. The molecule has 0 aliphatic rings. The molecule has 2 aromatic carbocycles. The lowest BCUT2D eigenvalue weighted by atomic mass is 10.1. The van der Waals surface area contributed by atoms with Gasteiger partial charge >= 0.3 is 0 Å². The molecule has 0 bridgehead atoms. The van der Waals surface area contributed by atoms with E-state index in [0.29, 0.717) is 18.9 Å². The van der Waals surface area contributed by atoms with Crippen LogP contribution >= 0.6 is 0 Å². The molecule has 1 N–H and O–H groups in total. The summed E-state index contributed by atoms with van der Waals surface area (Å²) in [6.07, 6.45) is 2.33. The van der Waals surface area contributed by atoms with E-state index in [1.54, 1.807) is 12.0 Å². The summed E-state index contributed by atoms with van der Waals surface area (Å²) in [5.74, 6) is 1.38. The normalized spacial score (nSPS) is 11.1. The average Bonchev–Trinajstić information content (AvgIpc) is 3.23. The van der Waals surface area contributed by atoms with Gasteiger partial charge < -0.3 is 9.64 Å². The fourth-order valence-electron chi connectivity index (χ4n) is 3.95. The number of hydrogen-bond acceptors (Lipinski definition) is 4. The number of carbonyl (C=O) groups is 2. The zero-order valence-corrected chi connectivity index (χ0v) is 22.5. The first-order chi connectivity index (χ1) is 17.1. The Balaban J connectivity index is 1.92. The van der Waals surface area contributed by atoms with Crippen LogP contribution in [0.25, 0.3) is 16.9 Å². The maximum Gasteiger partial charge on any atom is 0.246 e. The zero-order valence-electron chi connectivity index (χ0n) is 22.5. The fraction of sp³-hybridized carbons (Fsp3) is 0.414. The van der Waals surface area contributed by atoms with Crippen molar-refractivity contribution in [1.29, 1.82) is 0 Å². The van der Waals surface area contributed by atoms with Gasteiger partial charge in [-0.2, -0.15) is 0 Å². The van der Waals surface area contributed by atoms with Crippen molar-refractivity contribution in [1.82, 2.24) is 14.5 Å². The molecule has 0 fully saturated rings. The maximum atomic E-state index is 13.2. The third-order valence-electron chi connectivity index (χ3n) is 5.97. The van der Waals surface area contributed by atoms with Gasteiger partial charge in [-0.15, -0.1) is 0 Å². The van der Waals surface area contributed by atoms with Crippen molar-refractivity contribution in [2.45, 2.75) is 48.0 Å². The number of methoxy groups -OCH3 is 1. The lowest BCUT2D eigenvalue weighted by molar-refractivity contribution is -0.135. The minimum Gasteiger partial charge on any atom is -0.497 e. The van der Waals surface area contributed by atoms with Crippen LogP contribution in [0.3, 0.4) is 0 Å². The Labute approximate surface area is 214 Å². The van der Waals surface area contributed by atoms with Crippen LogP contribution in [0.5, 0.6) is 5.75 Å². The highest BCUT2D eigenvalue weighted by atomic mass is 16.5. The molecular formula is C29H38N4O3. The Hall–Kier alpha value is -3.61. The van der Waals surface area contributed by atoms with Gasteiger partial charge in [-0.25, -0.2) is 4.98 Å². The molecule has 1 heterocycles. The predicted molar refractivity (Wildman–Crippen MR) is 145 cm³/mol. The molecule has 3 rings (SSSR count). The second-order valence-electron chi connectivity index (χ2n) is 10.1. The van der Waals surface area contributed by atoms with Crippen molar-refractivity contribution in [3.8, 4) is 22.7 Å². The number of hydrogen-bond donors (Lipinski definition) is 1. The van der Waals surface area contributed by atoms with Gasteiger partial charge in [0.25, 0.3) is 0 Å². The molecular weight excluding hydrogens is 452 g/mol. The number of ether oxygens (including phenoxy) is 1. The van der Waals surface area contributed by atoms with Crippen LogP contribution in [0.2, 0.25) is 0 Å². The number of benzene rings is 2. The van der Waals surface area contributed by atoms with Gasteiger partial charge in [0.15, 0.2) is 0 Å². The number of amides is 2. The molecule has 36 heavy (non-hydrogen) atoms. The number of nitrogens with one attached hydrogen (secondary N) is 1. The van der Waals surface area contributed by atoms with Crippen LogP contribution in [0.4, 0.5) is 5.95 Å². The van der Waals surface area contributed by atoms with Crippen molar-refractivity contribution in [2.24, 2.45) is 11.8 Å². The average molecular weight is 491 g/mol. The Kier molecular flexibility index (Phi) is 8.91. The van der Waals surface area contributed by atoms with Crippen molar-refractivity contribution < 1.29 is 14.3 Å². The van der Waals surface area contributed by atoms with E-state index in [1.807, 2.05) is 68.8 Å². The minimum absolute atomic E-state index is 0.00901. The van der Waals surface area contributed by atoms with E-state index in [9.17, 15) is 9.59 Å². The third kappa shape index (κ3) is 6.97. The molecule has 0 saturated heterocycles. The molecule has 0 atom stereocenters. The first kappa shape index (κ1) is 27.0. The van der Waals surface area contributed by atoms with E-state index in [4.69, 9.17) is 9.72 Å². The number of anilines is 1. The number of carbonyl (C=O) groups excluding carboxylic acids is 2. The van der Waals surface area contributed by atoms with E-state index in [1.165, 1.54) is 5.56 Å². The molecule has 0 saturated carbocycles. The van der Waals surface area contributed by atoms with Crippen LogP contribution in [0, 0.1) is 25.7 Å². The van der Waals surface area contributed by atoms with Crippen molar-refractivity contribution in [3.05, 3.63) is 59.8 Å². The molecule has 7 nitrogen and oxygen atoms in total. The highest BCUT2D eigenvalue weighted by Crippen LogP contribution is 2.27. The molecule has 7 heteroatoms. The molecule has 0 aliphatic carbocycles. The summed E-state index contributed by atoms with van der Waals surface area (Å²) >= 11 is 0. The van der Waals surface area contributed by atoms with Crippen LogP contribution in [-0.2, 0) is 9.59 Å². The van der Waals surface area contributed by atoms with E-state index in [2.05, 4.69) is 31.3 Å². The van der Waals surface area contributed by atoms with Crippen LogP contribution in [0.15, 0.2) is 48.7 Å². The second-order valence-corrected chi connectivity index (χ2v) is 10.1. The summed E-state index contributed by atoms with van der Waals surface area (Å²) in [6, 6.07) is 13.8. The van der Waals surface area contributed by atoms with Gasteiger partial charge in [-0.05, 0) is 73.2 Å². The molecule has 0 radical (unpaired) electrons. The van der Waals surface area contributed by atoms with Gasteiger partial charge in [-0.3, -0.25) is 19.5 Å². The van der Waals surface area contributed by atoms with Crippen molar-refractivity contribution in [2.75, 3.05) is 25.5 Å². The number of imidazole rings is 1. The number of nitrogens with zero attached hydrogens (tertiary/aromatic N) is 3. The summed E-state index contributed by atoms with van der Waals surface area (Å²) in [6.45, 7) is 12.7. The number of rotatable bonds is 10. The summed E-state index contributed by atoms with van der Waals surface area (Å²) in [4.78, 5) is 32.3. The summed E-state index contributed by atoms with van der Waals surface area (Å²) < 4.78 is 7.15. The first-order valence-electron chi connectivity index (χ1n) is 12.5. The molecule has 0 aliphatic heterocycles. The quantitative estimate of drug-likeness (QED) is 0.399. The summed E-state index contributed by atoms with van der Waals surface area (Å²) in [5.41, 5.74) is 4.86. The molecule has 0 spiro atoms. The second kappa shape index (κ2) is 11.9. The van der Waals surface area contributed by atoms with Crippen molar-refractivity contribution in [3.63, 3.8) is 0 Å². The zero-order chi connectivity index (χ0) is 26.4. The molecule has 192 valence electrons. The highest BCUT2D eigenvalue weighted by molar-refractivity contribution is 5.94. The van der Waals surface area contributed by atoms with E-state index < -0.39 is 0 Å². The first-order valence-corrected chi connectivity index (χ1v) is 12.5. The van der Waals surface area contributed by atoms with E-state index in [0.717, 1.165) is 28.3 Å². The smallest absolute Gasteiger partial charge is 0.246 e. The Bertz CT molecular complexity index is 1200. The van der Waals surface area contributed by atoms with Crippen LogP contribution in [-0.4, -0.2) is 46.5 Å². The monoisotopic (exact) mass is 490 g/mol. The van der Waals surface area contributed by atoms with E-state index >= 15 is 0 Å². The minimum atomic E-state index is -0.273. The standard InChI is InChI=1S/C29H38N4O3/c1-19(2)14-28(35)32(16-20(3)4)18-27(34)31-29-30-26(23-9-12-25(36-7)13-10-23)17-33(29)24-11-8-21(5)22(6)15-24/h8-13,15,17,19-20H,14,16,18H2,1-7H3,(H,30,31,34). The molecule has 3 aromatic rings. The van der Waals surface area contributed by atoms with Gasteiger partial charge in [0, 0.05) is 30.4 Å². The molecule has 1 aromatic heterocycles. The summed E-state index contributed by atoms with van der Waals surface area (Å²) in [5, 5.41) is 2.96. The Morgan fingerprint density at radius 3 is 2.28 bits per heavy atom. The largest absolute Gasteiger partial charge is 0.497 e. The summed E-state index contributed by atoms with van der Waals surface area (Å²) in [7, 11) is 1.63. The number of aryl methyl sites for hydroxylation is 2. The molecule has 2 amide bonds. The van der Waals surface area contributed by atoms with Gasteiger partial charge in [0.05, 0.1) is 19.3 Å². The van der Waals surface area contributed by atoms with Crippen molar-refractivity contribution >= 4 is 17.8 Å². The Morgan fingerprint density at radius 2 is 1.69 bits per heavy atom. The topological polar surface area (TPSA) is 76.5 Å². The third-order valence-corrected chi connectivity index (χ3v) is 5.97. The lowest BCUT2D eigenvalue weighted by Gasteiger charge is -2.25. The van der Waals surface area contributed by atoms with Crippen LogP contribution < -0.4 is 10.1 Å². The Morgan fingerprint density at radius 1 is 1.00 bits per heavy atom.